The normalized spacial score (nSPS) is 18.6. The highest BCUT2D eigenvalue weighted by molar-refractivity contribution is 5.67. The van der Waals surface area contributed by atoms with Crippen LogP contribution in [0.2, 0.25) is 0 Å². The molecule has 40 heavy (non-hydrogen) atoms. The van der Waals surface area contributed by atoms with Crippen LogP contribution in [0.5, 0.6) is 11.5 Å². The van der Waals surface area contributed by atoms with Crippen LogP contribution in [0.25, 0.3) is 11.3 Å². The van der Waals surface area contributed by atoms with Crippen LogP contribution in [0.1, 0.15) is 18.4 Å². The molecule has 0 unspecified atom stereocenters. The summed E-state index contributed by atoms with van der Waals surface area (Å²) in [6.45, 7) is 7.36. The van der Waals surface area contributed by atoms with Crippen molar-refractivity contribution in [3.05, 3.63) is 48.3 Å². The van der Waals surface area contributed by atoms with Gasteiger partial charge < -0.3 is 29.7 Å². The molecule has 11 heteroatoms. The minimum atomic E-state index is 0.122. The Hall–Kier alpha value is -3.98. The van der Waals surface area contributed by atoms with Crippen LogP contribution < -0.4 is 25.0 Å². The number of aromatic nitrogens is 3. The lowest BCUT2D eigenvalue weighted by Crippen LogP contribution is -2.56. The molecule has 0 saturated carbocycles. The second kappa shape index (κ2) is 12.0. The highest BCUT2D eigenvalue weighted by Gasteiger charge is 2.29. The average molecular weight is 543 g/mol. The summed E-state index contributed by atoms with van der Waals surface area (Å²) >= 11 is 0. The number of rotatable bonds is 8. The zero-order valence-electron chi connectivity index (χ0n) is 22.7. The largest absolute Gasteiger partial charge is 0.494 e. The van der Waals surface area contributed by atoms with Crippen molar-refractivity contribution in [2.24, 2.45) is 0 Å². The van der Waals surface area contributed by atoms with Gasteiger partial charge in [-0.25, -0.2) is 15.0 Å². The van der Waals surface area contributed by atoms with Crippen LogP contribution in [0.3, 0.4) is 0 Å². The van der Waals surface area contributed by atoms with E-state index in [1.165, 1.54) is 0 Å². The van der Waals surface area contributed by atoms with Crippen molar-refractivity contribution in [2.75, 3.05) is 69.8 Å². The molecule has 0 aliphatic carbocycles. The molecule has 0 radical (unpaired) electrons. The number of piperazine rings is 1. The number of benzene rings is 1. The molecule has 2 aromatic heterocycles. The smallest absolute Gasteiger partial charge is 0.228 e. The maximum atomic E-state index is 9.77. The van der Waals surface area contributed by atoms with E-state index in [-0.39, 0.29) is 6.10 Å². The molecule has 2 N–H and O–H groups in total. The van der Waals surface area contributed by atoms with E-state index in [1.807, 2.05) is 36.5 Å². The Morgan fingerprint density at radius 1 is 1.05 bits per heavy atom. The van der Waals surface area contributed by atoms with Crippen molar-refractivity contribution in [2.45, 2.75) is 25.0 Å². The molecule has 3 aliphatic rings. The summed E-state index contributed by atoms with van der Waals surface area (Å²) in [6.07, 6.45) is 5.51. The van der Waals surface area contributed by atoms with E-state index in [0.29, 0.717) is 34.8 Å². The Labute approximate surface area is 234 Å². The van der Waals surface area contributed by atoms with Crippen molar-refractivity contribution >= 4 is 17.5 Å². The maximum Gasteiger partial charge on any atom is 0.228 e. The molecule has 3 fully saturated rings. The van der Waals surface area contributed by atoms with Gasteiger partial charge in [-0.05, 0) is 50.2 Å². The number of anilines is 3. The van der Waals surface area contributed by atoms with E-state index >= 15 is 0 Å². The van der Waals surface area contributed by atoms with Gasteiger partial charge >= 0.3 is 0 Å². The molecule has 11 nitrogen and oxygen atoms in total. The summed E-state index contributed by atoms with van der Waals surface area (Å²) in [5.41, 5.74) is 2.98. The average Bonchev–Trinajstić information content (AvgIpc) is 2.97. The predicted molar refractivity (Wildman–Crippen MR) is 151 cm³/mol. The van der Waals surface area contributed by atoms with Gasteiger partial charge in [0.15, 0.2) is 0 Å². The molecule has 0 atom stereocenters. The minimum absolute atomic E-state index is 0.122. The number of ether oxygens (including phenoxy) is 3. The second-order valence-electron chi connectivity index (χ2n) is 10.2. The number of pyridine rings is 1. The SMILES string of the molecule is COc1cc(Nc2nccc(-c3ccc(OC4CCNCC4)c(C#N)c3)n2)ncc1N1CCN(C2COC2)CC1. The van der Waals surface area contributed by atoms with E-state index < -0.39 is 0 Å². The lowest BCUT2D eigenvalue weighted by atomic mass is 10.1. The number of methoxy groups -OCH3 is 1. The number of nitrogens with one attached hydrogen (secondary N) is 2. The van der Waals surface area contributed by atoms with Crippen molar-refractivity contribution in [1.29, 1.82) is 5.26 Å². The molecule has 0 bridgehead atoms. The number of hydrogen-bond acceptors (Lipinski definition) is 11. The first kappa shape index (κ1) is 26.3. The van der Waals surface area contributed by atoms with Crippen LogP contribution >= 0.6 is 0 Å². The van der Waals surface area contributed by atoms with Crippen LogP contribution in [0, 0.1) is 11.3 Å². The summed E-state index contributed by atoms with van der Waals surface area (Å²) in [5, 5.41) is 16.3. The number of piperidine rings is 1. The molecular formula is C29H34N8O3. The number of nitriles is 1. The summed E-state index contributed by atoms with van der Waals surface area (Å²) in [4.78, 5) is 18.5. The van der Waals surface area contributed by atoms with Crippen LogP contribution in [0.15, 0.2) is 42.7 Å². The highest BCUT2D eigenvalue weighted by Crippen LogP contribution is 2.32. The van der Waals surface area contributed by atoms with Crippen molar-refractivity contribution in [3.8, 4) is 28.8 Å². The van der Waals surface area contributed by atoms with Gasteiger partial charge in [-0.1, -0.05) is 0 Å². The Morgan fingerprint density at radius 2 is 1.88 bits per heavy atom. The lowest BCUT2D eigenvalue weighted by molar-refractivity contribution is -0.0660. The van der Waals surface area contributed by atoms with Crippen molar-refractivity contribution in [1.82, 2.24) is 25.2 Å². The fourth-order valence-corrected chi connectivity index (χ4v) is 5.33. The number of hydrogen-bond donors (Lipinski definition) is 2. The van der Waals surface area contributed by atoms with Gasteiger partial charge in [-0.2, -0.15) is 5.26 Å². The predicted octanol–water partition coefficient (Wildman–Crippen LogP) is 2.81. The molecule has 0 amide bonds. The Morgan fingerprint density at radius 3 is 2.60 bits per heavy atom. The Kier molecular flexibility index (Phi) is 7.90. The van der Waals surface area contributed by atoms with Crippen molar-refractivity contribution < 1.29 is 14.2 Å². The molecule has 5 heterocycles. The molecule has 208 valence electrons. The zero-order valence-corrected chi connectivity index (χ0v) is 22.7. The molecule has 3 saturated heterocycles. The summed E-state index contributed by atoms with van der Waals surface area (Å²) in [6, 6.07) is 12.1. The molecular weight excluding hydrogens is 508 g/mol. The second-order valence-corrected chi connectivity index (χ2v) is 10.2. The van der Waals surface area contributed by atoms with E-state index in [2.05, 4.69) is 41.5 Å². The first-order chi connectivity index (χ1) is 19.7. The van der Waals surface area contributed by atoms with Gasteiger partial charge in [0, 0.05) is 44.0 Å². The summed E-state index contributed by atoms with van der Waals surface area (Å²) < 4.78 is 17.2. The Balaban J connectivity index is 1.14. The molecule has 0 spiro atoms. The highest BCUT2D eigenvalue weighted by atomic mass is 16.5. The fourth-order valence-electron chi connectivity index (χ4n) is 5.33. The fraction of sp³-hybridized carbons (Fsp3) is 0.448. The third-order valence-corrected chi connectivity index (χ3v) is 7.73. The van der Waals surface area contributed by atoms with Gasteiger partial charge in [-0.3, -0.25) is 4.90 Å². The molecule has 3 aliphatic heterocycles. The van der Waals surface area contributed by atoms with E-state index in [0.717, 1.165) is 82.3 Å². The third kappa shape index (κ3) is 5.79. The first-order valence-electron chi connectivity index (χ1n) is 13.8. The van der Waals surface area contributed by atoms with E-state index in [1.54, 1.807) is 13.3 Å². The third-order valence-electron chi connectivity index (χ3n) is 7.73. The van der Waals surface area contributed by atoms with Gasteiger partial charge in [0.25, 0.3) is 0 Å². The number of nitrogens with zero attached hydrogens (tertiary/aromatic N) is 6. The first-order valence-corrected chi connectivity index (χ1v) is 13.8. The maximum absolute atomic E-state index is 9.77. The monoisotopic (exact) mass is 542 g/mol. The van der Waals surface area contributed by atoms with Crippen LogP contribution in [-0.4, -0.2) is 91.6 Å². The van der Waals surface area contributed by atoms with Crippen LogP contribution in [-0.2, 0) is 4.74 Å². The molecule has 3 aromatic rings. The quantitative estimate of drug-likeness (QED) is 0.437. The minimum Gasteiger partial charge on any atom is -0.494 e. The van der Waals surface area contributed by atoms with Gasteiger partial charge in [-0.15, -0.1) is 0 Å². The van der Waals surface area contributed by atoms with Crippen molar-refractivity contribution in [3.63, 3.8) is 0 Å². The zero-order chi connectivity index (χ0) is 27.3. The van der Waals surface area contributed by atoms with Gasteiger partial charge in [0.1, 0.15) is 29.5 Å². The van der Waals surface area contributed by atoms with Gasteiger partial charge in [0.05, 0.1) is 49.5 Å². The van der Waals surface area contributed by atoms with Gasteiger partial charge in [0.2, 0.25) is 5.95 Å². The summed E-state index contributed by atoms with van der Waals surface area (Å²) in [5.74, 6) is 2.36. The van der Waals surface area contributed by atoms with E-state index in [9.17, 15) is 5.26 Å². The van der Waals surface area contributed by atoms with E-state index in [4.69, 9.17) is 14.2 Å². The topological polar surface area (TPSA) is 121 Å². The lowest BCUT2D eigenvalue weighted by Gasteiger charge is -2.43. The Bertz CT molecular complexity index is 1360. The standard InChI is InChI=1S/C29H34N8O3/c1-38-27-15-28(33-17-25(27)37-12-10-36(11-13-37)22-18-39-19-22)35-29-32-9-6-24(34-29)20-2-3-26(21(14-20)16-30)40-23-4-7-31-8-5-23/h2-3,6,9,14-15,17,22-23,31H,4-5,7-8,10-13,18-19H2,1H3,(H,32,33,34,35). The molecule has 1 aromatic carbocycles. The molecule has 6 rings (SSSR count). The summed E-state index contributed by atoms with van der Waals surface area (Å²) in [7, 11) is 1.67. The van der Waals surface area contributed by atoms with Crippen LogP contribution in [0.4, 0.5) is 17.5 Å².